The van der Waals surface area contributed by atoms with Crippen molar-refractivity contribution in [3.8, 4) is 5.75 Å². The number of rotatable bonds is 11. The monoisotopic (exact) mass is 494 g/mol. The van der Waals surface area contributed by atoms with Crippen molar-refractivity contribution in [3.05, 3.63) is 96.6 Å². The third-order valence-electron chi connectivity index (χ3n) is 5.23. The molecular formula is C27H30N2O5S. The van der Waals surface area contributed by atoms with Crippen molar-refractivity contribution >= 4 is 27.3 Å². The number of nitrogens with zero attached hydrogens (tertiary/aromatic N) is 1. The molecule has 0 aliphatic rings. The molecule has 1 atom stereocenters. The third kappa shape index (κ3) is 6.94. The summed E-state index contributed by atoms with van der Waals surface area (Å²) >= 11 is 0. The highest BCUT2D eigenvalue weighted by atomic mass is 32.2. The lowest BCUT2D eigenvalue weighted by Gasteiger charge is -2.27. The van der Waals surface area contributed by atoms with E-state index in [1.165, 1.54) is 19.1 Å². The Hall–Kier alpha value is -3.62. The topological polar surface area (TPSA) is 95.9 Å². The van der Waals surface area contributed by atoms with E-state index in [-0.39, 0.29) is 24.0 Å². The second-order valence-corrected chi connectivity index (χ2v) is 10.0. The minimum atomic E-state index is -3.98. The summed E-state index contributed by atoms with van der Waals surface area (Å²) in [6.07, 6.45) is 1.27. The van der Waals surface area contributed by atoms with Crippen LogP contribution in [0.4, 0.5) is 11.4 Å². The van der Waals surface area contributed by atoms with Crippen molar-refractivity contribution in [1.29, 1.82) is 0 Å². The number of anilines is 2. The number of sulfonamides is 1. The van der Waals surface area contributed by atoms with Crippen molar-refractivity contribution < 1.29 is 23.1 Å². The molecule has 1 amide bonds. The average molecular weight is 495 g/mol. The Bertz CT molecular complexity index is 1260. The van der Waals surface area contributed by atoms with Gasteiger partial charge < -0.3 is 15.2 Å². The number of hydrogen-bond acceptors (Lipinski definition) is 5. The quantitative estimate of drug-likeness (QED) is 0.387. The van der Waals surface area contributed by atoms with Crippen LogP contribution in [0.2, 0.25) is 0 Å². The van der Waals surface area contributed by atoms with Crippen LogP contribution >= 0.6 is 0 Å². The normalized spacial score (nSPS) is 12.0. The number of carbonyl (C=O) groups is 1. The molecule has 0 fully saturated rings. The van der Waals surface area contributed by atoms with Crippen LogP contribution in [0, 0.1) is 6.92 Å². The number of amides is 1. The first-order valence-electron chi connectivity index (χ1n) is 11.2. The van der Waals surface area contributed by atoms with Crippen LogP contribution in [-0.4, -0.2) is 38.7 Å². The Labute approximate surface area is 206 Å². The van der Waals surface area contributed by atoms with Crippen molar-refractivity contribution in [3.63, 3.8) is 0 Å². The summed E-state index contributed by atoms with van der Waals surface area (Å²) in [5, 5.41) is 13.4. The summed E-state index contributed by atoms with van der Waals surface area (Å²) in [4.78, 5) is 11.4. The van der Waals surface area contributed by atoms with E-state index in [9.17, 15) is 18.3 Å². The summed E-state index contributed by atoms with van der Waals surface area (Å²) in [6, 6.07) is 20.4. The lowest BCUT2D eigenvalue weighted by Crippen LogP contribution is -2.40. The Morgan fingerprint density at radius 1 is 1.09 bits per heavy atom. The van der Waals surface area contributed by atoms with Gasteiger partial charge in [0.05, 0.1) is 17.1 Å². The van der Waals surface area contributed by atoms with Gasteiger partial charge in [0.2, 0.25) is 5.91 Å². The van der Waals surface area contributed by atoms with E-state index >= 15 is 0 Å². The second-order valence-electron chi connectivity index (χ2n) is 8.14. The fourth-order valence-electron chi connectivity index (χ4n) is 3.49. The largest absolute Gasteiger partial charge is 0.491 e. The second kappa shape index (κ2) is 11.7. The number of ether oxygens (including phenoxy) is 1. The van der Waals surface area contributed by atoms with Gasteiger partial charge in [-0.15, -0.1) is 6.58 Å². The lowest BCUT2D eigenvalue weighted by molar-refractivity contribution is -0.114. The minimum absolute atomic E-state index is 0.0992. The van der Waals surface area contributed by atoms with Gasteiger partial charge in [-0.1, -0.05) is 42.0 Å². The van der Waals surface area contributed by atoms with Crippen molar-refractivity contribution in [2.45, 2.75) is 31.3 Å². The van der Waals surface area contributed by atoms with Crippen molar-refractivity contribution in [1.82, 2.24) is 0 Å². The number of aliphatic hydroxyl groups is 1. The molecule has 0 aliphatic carbocycles. The maximum absolute atomic E-state index is 13.5. The van der Waals surface area contributed by atoms with Crippen molar-refractivity contribution in [2.75, 3.05) is 22.8 Å². The van der Waals surface area contributed by atoms with Crippen LogP contribution in [0.25, 0.3) is 0 Å². The molecule has 3 aromatic rings. The molecule has 184 valence electrons. The Kier molecular flexibility index (Phi) is 8.68. The zero-order valence-electron chi connectivity index (χ0n) is 19.8. The highest BCUT2D eigenvalue weighted by Crippen LogP contribution is 2.26. The zero-order valence-corrected chi connectivity index (χ0v) is 20.7. The van der Waals surface area contributed by atoms with Gasteiger partial charge in [-0.05, 0) is 61.4 Å². The van der Waals surface area contributed by atoms with Crippen LogP contribution in [0.1, 0.15) is 18.1 Å². The highest BCUT2D eigenvalue weighted by Gasteiger charge is 2.27. The first-order chi connectivity index (χ1) is 16.7. The SMILES string of the molecule is C=CCc1ccccc1OC[C@H](O)CN(c1ccc(NC(C)=O)cc1)S(=O)(=O)c1ccc(C)cc1. The number of hydrogen-bond donors (Lipinski definition) is 2. The maximum atomic E-state index is 13.5. The lowest BCUT2D eigenvalue weighted by atomic mass is 10.1. The molecule has 0 unspecified atom stereocenters. The third-order valence-corrected chi connectivity index (χ3v) is 7.04. The van der Waals surface area contributed by atoms with Gasteiger partial charge in [0.15, 0.2) is 0 Å². The molecule has 2 N–H and O–H groups in total. The Morgan fingerprint density at radius 2 is 1.74 bits per heavy atom. The molecule has 35 heavy (non-hydrogen) atoms. The molecule has 0 bridgehead atoms. The van der Waals surface area contributed by atoms with Crippen LogP contribution < -0.4 is 14.4 Å². The Morgan fingerprint density at radius 3 is 2.37 bits per heavy atom. The number of allylic oxidation sites excluding steroid dienone is 1. The molecule has 0 spiro atoms. The Balaban J connectivity index is 1.86. The molecule has 7 nitrogen and oxygen atoms in total. The minimum Gasteiger partial charge on any atom is -0.491 e. The van der Waals surface area contributed by atoms with Crippen LogP contribution in [-0.2, 0) is 21.2 Å². The molecule has 0 aromatic heterocycles. The summed E-state index contributed by atoms with van der Waals surface area (Å²) in [5.41, 5.74) is 2.75. The van der Waals surface area contributed by atoms with Gasteiger partial charge in [0.25, 0.3) is 10.0 Å². The predicted octanol–water partition coefficient (Wildman–Crippen LogP) is 4.32. The van der Waals surface area contributed by atoms with Gasteiger partial charge >= 0.3 is 0 Å². The molecule has 0 aliphatic heterocycles. The number of carbonyl (C=O) groups excluding carboxylic acids is 1. The standard InChI is InChI=1S/C27H30N2O5S/c1-4-7-22-8-5-6-9-27(22)34-19-25(31)18-29(24-14-12-23(13-15-24)28-21(3)30)35(32,33)26-16-10-20(2)11-17-26/h4-6,8-17,25,31H,1,7,18-19H2,2-3H3,(H,28,30)/t25-/m1/s1. The predicted molar refractivity (Wildman–Crippen MR) is 138 cm³/mol. The summed E-state index contributed by atoms with van der Waals surface area (Å²) in [7, 11) is -3.98. The van der Waals surface area contributed by atoms with E-state index in [4.69, 9.17) is 4.74 Å². The summed E-state index contributed by atoms with van der Waals surface area (Å²) in [5.74, 6) is 0.380. The number of benzene rings is 3. The van der Waals surface area contributed by atoms with E-state index in [2.05, 4.69) is 11.9 Å². The van der Waals surface area contributed by atoms with Gasteiger partial charge in [-0.2, -0.15) is 0 Å². The van der Waals surface area contributed by atoms with E-state index in [1.54, 1.807) is 48.5 Å². The zero-order chi connectivity index (χ0) is 25.4. The van der Waals surface area contributed by atoms with Gasteiger partial charge in [0, 0.05) is 12.6 Å². The molecule has 3 aromatic carbocycles. The summed E-state index contributed by atoms with van der Waals surface area (Å²) in [6.45, 7) is 6.69. The number of aryl methyl sites for hydroxylation is 1. The molecule has 8 heteroatoms. The number of para-hydroxylation sites is 1. The molecular weight excluding hydrogens is 464 g/mol. The fourth-order valence-corrected chi connectivity index (χ4v) is 5.00. The first-order valence-corrected chi connectivity index (χ1v) is 12.6. The van der Waals surface area contributed by atoms with Crippen molar-refractivity contribution in [2.24, 2.45) is 0 Å². The van der Waals surface area contributed by atoms with Crippen LogP contribution in [0.3, 0.4) is 0 Å². The number of aliphatic hydroxyl groups excluding tert-OH is 1. The molecule has 0 heterocycles. The maximum Gasteiger partial charge on any atom is 0.264 e. The van der Waals surface area contributed by atoms with E-state index < -0.39 is 16.1 Å². The van der Waals surface area contributed by atoms with Crippen LogP contribution in [0.15, 0.2) is 90.3 Å². The highest BCUT2D eigenvalue weighted by molar-refractivity contribution is 7.92. The molecule has 0 saturated heterocycles. The smallest absolute Gasteiger partial charge is 0.264 e. The van der Waals surface area contributed by atoms with Gasteiger partial charge in [0.1, 0.15) is 18.5 Å². The summed E-state index contributed by atoms with van der Waals surface area (Å²) < 4.78 is 34.1. The first kappa shape index (κ1) is 26.0. The van der Waals surface area contributed by atoms with E-state index in [0.717, 1.165) is 15.4 Å². The van der Waals surface area contributed by atoms with Crippen LogP contribution in [0.5, 0.6) is 5.75 Å². The fraction of sp³-hybridized carbons (Fsp3) is 0.222. The van der Waals surface area contributed by atoms with Gasteiger partial charge in [-0.25, -0.2) is 8.42 Å². The number of nitrogens with one attached hydrogen (secondary N) is 1. The van der Waals surface area contributed by atoms with E-state index in [1.807, 2.05) is 25.1 Å². The average Bonchev–Trinajstić information content (AvgIpc) is 2.82. The molecule has 3 rings (SSSR count). The molecule has 0 radical (unpaired) electrons. The molecule has 0 saturated carbocycles. The van der Waals surface area contributed by atoms with Gasteiger partial charge in [-0.3, -0.25) is 9.10 Å². The van der Waals surface area contributed by atoms with E-state index in [0.29, 0.717) is 23.5 Å².